The third-order valence-corrected chi connectivity index (χ3v) is 3.67. The monoisotopic (exact) mass is 297 g/mol. The van der Waals surface area contributed by atoms with E-state index in [9.17, 15) is 4.39 Å². The van der Waals surface area contributed by atoms with Crippen LogP contribution in [0.1, 0.15) is 0 Å². The highest BCUT2D eigenvalue weighted by Crippen LogP contribution is 2.29. The van der Waals surface area contributed by atoms with Gasteiger partial charge in [0.2, 0.25) is 0 Å². The van der Waals surface area contributed by atoms with Gasteiger partial charge in [-0.3, -0.25) is 0 Å². The van der Waals surface area contributed by atoms with E-state index >= 15 is 0 Å². The third-order valence-electron chi connectivity index (χ3n) is 3.38. The molecule has 0 atom stereocenters. The number of pyridine rings is 1. The largest absolute Gasteiger partial charge is 0.338 e. The predicted molar refractivity (Wildman–Crippen MR) is 81.8 cm³/mol. The maximum atomic E-state index is 13.2. The van der Waals surface area contributed by atoms with Crippen molar-refractivity contribution >= 4 is 33.5 Å². The van der Waals surface area contributed by atoms with Crippen LogP contribution in [0.3, 0.4) is 0 Å². The lowest BCUT2D eigenvalue weighted by molar-refractivity contribution is 0.629. The van der Waals surface area contributed by atoms with Crippen LogP contribution in [-0.4, -0.2) is 15.0 Å². The van der Waals surface area contributed by atoms with E-state index in [1.165, 1.54) is 12.1 Å². The molecule has 2 aromatic carbocycles. The van der Waals surface area contributed by atoms with Gasteiger partial charge in [-0.1, -0.05) is 23.7 Å². The van der Waals surface area contributed by atoms with Crippen molar-refractivity contribution in [2.75, 3.05) is 0 Å². The highest BCUT2D eigenvalue weighted by atomic mass is 35.5. The Kier molecular flexibility index (Phi) is 2.65. The zero-order chi connectivity index (χ0) is 14.4. The van der Waals surface area contributed by atoms with Gasteiger partial charge in [-0.05, 0) is 30.3 Å². The number of imidazole rings is 1. The maximum Gasteiger partial charge on any atom is 0.141 e. The average Bonchev–Trinajstić information content (AvgIpc) is 2.90. The molecule has 4 rings (SSSR count). The van der Waals surface area contributed by atoms with Crippen LogP contribution in [0, 0.1) is 5.82 Å². The van der Waals surface area contributed by atoms with Crippen LogP contribution in [0.2, 0.25) is 5.15 Å². The molecule has 0 spiro atoms. The summed E-state index contributed by atoms with van der Waals surface area (Å²) in [7, 11) is 0. The number of rotatable bonds is 1. The van der Waals surface area contributed by atoms with Crippen molar-refractivity contribution in [1.29, 1.82) is 0 Å². The summed E-state index contributed by atoms with van der Waals surface area (Å²) < 4.78 is 13.2. The van der Waals surface area contributed by atoms with E-state index in [1.54, 1.807) is 6.07 Å². The minimum absolute atomic E-state index is 0.298. The number of hydrogen-bond donors (Lipinski definition) is 1. The quantitative estimate of drug-likeness (QED) is 0.523. The highest BCUT2D eigenvalue weighted by Gasteiger charge is 2.11. The topological polar surface area (TPSA) is 41.6 Å². The lowest BCUT2D eigenvalue weighted by Crippen LogP contribution is -1.88. The van der Waals surface area contributed by atoms with Crippen LogP contribution < -0.4 is 0 Å². The van der Waals surface area contributed by atoms with Crippen molar-refractivity contribution in [2.24, 2.45) is 0 Å². The van der Waals surface area contributed by atoms with E-state index in [0.717, 1.165) is 16.4 Å². The average molecular weight is 298 g/mol. The molecule has 0 aliphatic carbocycles. The zero-order valence-electron chi connectivity index (χ0n) is 10.8. The molecule has 0 aliphatic heterocycles. The maximum absolute atomic E-state index is 13.2. The van der Waals surface area contributed by atoms with Crippen LogP contribution >= 0.6 is 11.6 Å². The third kappa shape index (κ3) is 2.04. The van der Waals surface area contributed by atoms with Crippen LogP contribution in [-0.2, 0) is 0 Å². The summed E-state index contributed by atoms with van der Waals surface area (Å²) in [5.41, 5.74) is 3.03. The highest BCUT2D eigenvalue weighted by molar-refractivity contribution is 6.32. The smallest absolute Gasteiger partial charge is 0.141 e. The minimum atomic E-state index is -0.331. The van der Waals surface area contributed by atoms with Gasteiger partial charge in [0.25, 0.3) is 0 Å². The predicted octanol–water partition coefficient (Wildman–Crippen LogP) is 4.57. The number of nitrogens with one attached hydrogen (secondary N) is 1. The molecule has 0 aliphatic rings. The molecule has 0 amide bonds. The number of benzene rings is 2. The van der Waals surface area contributed by atoms with Crippen LogP contribution in [0.5, 0.6) is 0 Å². The zero-order valence-corrected chi connectivity index (χ0v) is 11.5. The summed E-state index contributed by atoms with van der Waals surface area (Å²) in [6.45, 7) is 0. The van der Waals surface area contributed by atoms with Crippen LogP contribution in [0.4, 0.5) is 4.39 Å². The molecule has 0 radical (unpaired) electrons. The Morgan fingerprint density at radius 2 is 1.81 bits per heavy atom. The van der Waals surface area contributed by atoms with Gasteiger partial charge in [-0.25, -0.2) is 14.4 Å². The second kappa shape index (κ2) is 4.53. The van der Waals surface area contributed by atoms with Crippen molar-refractivity contribution in [3.8, 4) is 11.4 Å². The molecule has 21 heavy (non-hydrogen) atoms. The van der Waals surface area contributed by atoms with Crippen molar-refractivity contribution in [3.05, 3.63) is 59.5 Å². The van der Waals surface area contributed by atoms with Gasteiger partial charge in [0.05, 0.1) is 22.1 Å². The molecule has 5 heteroatoms. The number of para-hydroxylation sites is 2. The van der Waals surface area contributed by atoms with E-state index in [4.69, 9.17) is 11.6 Å². The Labute approximate surface area is 124 Å². The lowest BCUT2D eigenvalue weighted by Gasteiger charge is -2.03. The molecule has 0 bridgehead atoms. The molecular weight excluding hydrogens is 289 g/mol. The molecule has 102 valence electrons. The Bertz CT molecular complexity index is 945. The van der Waals surface area contributed by atoms with Gasteiger partial charge < -0.3 is 4.98 Å². The van der Waals surface area contributed by atoms with Gasteiger partial charge in [-0.2, -0.15) is 0 Å². The van der Waals surface area contributed by atoms with Crippen molar-refractivity contribution < 1.29 is 4.39 Å². The van der Waals surface area contributed by atoms with Gasteiger partial charge in [0.15, 0.2) is 0 Å². The van der Waals surface area contributed by atoms with Crippen molar-refractivity contribution in [2.45, 2.75) is 0 Å². The molecular formula is C16H9ClFN3. The van der Waals surface area contributed by atoms with Crippen LogP contribution in [0.15, 0.2) is 48.5 Å². The van der Waals surface area contributed by atoms with Crippen molar-refractivity contribution in [3.63, 3.8) is 0 Å². The number of halogens is 2. The van der Waals surface area contributed by atoms with Gasteiger partial charge in [0.1, 0.15) is 16.8 Å². The fourth-order valence-corrected chi connectivity index (χ4v) is 2.60. The number of aromatic amines is 1. The number of H-pyrrole nitrogens is 1. The first-order chi connectivity index (χ1) is 10.2. The fraction of sp³-hybridized carbons (Fsp3) is 0. The molecule has 1 N–H and O–H groups in total. The van der Waals surface area contributed by atoms with E-state index < -0.39 is 0 Å². The second-order valence-electron chi connectivity index (χ2n) is 4.77. The van der Waals surface area contributed by atoms with E-state index in [0.29, 0.717) is 22.1 Å². The van der Waals surface area contributed by atoms with Gasteiger partial charge in [-0.15, -0.1) is 0 Å². The summed E-state index contributed by atoms with van der Waals surface area (Å²) in [6.07, 6.45) is 0. The Morgan fingerprint density at radius 3 is 2.67 bits per heavy atom. The molecule has 2 heterocycles. The summed E-state index contributed by atoms with van der Waals surface area (Å²) in [5, 5.41) is 1.11. The fourth-order valence-electron chi connectivity index (χ4n) is 2.36. The SMILES string of the molecule is Fc1ccc2cc(-c3nc4ccccc4[nH]3)c(Cl)nc2c1. The number of nitrogens with zero attached hydrogens (tertiary/aromatic N) is 2. The molecule has 0 saturated carbocycles. The normalized spacial score (nSPS) is 11.3. The van der Waals surface area contributed by atoms with Gasteiger partial charge >= 0.3 is 0 Å². The molecule has 2 aromatic heterocycles. The van der Waals surface area contributed by atoms with E-state index in [2.05, 4.69) is 15.0 Å². The number of aromatic nitrogens is 3. The Morgan fingerprint density at radius 1 is 0.952 bits per heavy atom. The second-order valence-corrected chi connectivity index (χ2v) is 5.12. The molecule has 4 aromatic rings. The first-order valence-corrected chi connectivity index (χ1v) is 6.79. The number of hydrogen-bond acceptors (Lipinski definition) is 2. The lowest BCUT2D eigenvalue weighted by atomic mass is 10.1. The molecule has 0 fully saturated rings. The molecule has 0 saturated heterocycles. The Hall–Kier alpha value is -2.46. The van der Waals surface area contributed by atoms with Gasteiger partial charge in [0, 0.05) is 11.5 Å². The molecule has 3 nitrogen and oxygen atoms in total. The standard InChI is InChI=1S/C16H9ClFN3/c17-15-11(7-9-5-6-10(18)8-14(9)19-15)16-20-12-3-1-2-4-13(12)21-16/h1-8H,(H,20,21). The number of fused-ring (bicyclic) bond motifs is 2. The summed E-state index contributed by atoms with van der Waals surface area (Å²) >= 11 is 6.22. The van der Waals surface area contributed by atoms with Crippen molar-refractivity contribution in [1.82, 2.24) is 15.0 Å². The first-order valence-electron chi connectivity index (χ1n) is 6.42. The van der Waals surface area contributed by atoms with E-state index in [-0.39, 0.29) is 5.82 Å². The summed E-state index contributed by atoms with van der Waals surface area (Å²) in [5.74, 6) is 0.322. The summed E-state index contributed by atoms with van der Waals surface area (Å²) in [4.78, 5) is 12.0. The first kappa shape index (κ1) is 12.3. The molecule has 0 unspecified atom stereocenters. The summed E-state index contributed by atoms with van der Waals surface area (Å²) in [6, 6.07) is 14.0. The minimum Gasteiger partial charge on any atom is -0.338 e. The van der Waals surface area contributed by atoms with E-state index in [1.807, 2.05) is 30.3 Å². The Balaban J connectivity index is 1.96. The van der Waals surface area contributed by atoms with Crippen LogP contribution in [0.25, 0.3) is 33.3 Å².